The van der Waals surface area contributed by atoms with E-state index in [1.165, 1.54) is 0 Å². The van der Waals surface area contributed by atoms with E-state index in [0.29, 0.717) is 6.42 Å². The van der Waals surface area contributed by atoms with Crippen LogP contribution in [0.15, 0.2) is 0 Å². The Morgan fingerprint density at radius 1 is 1.28 bits per heavy atom. The molecule has 0 radical (unpaired) electrons. The number of amides is 2. The summed E-state index contributed by atoms with van der Waals surface area (Å²) in [6, 6.07) is -0.990. The summed E-state index contributed by atoms with van der Waals surface area (Å²) in [4.78, 5) is 36.6. The van der Waals surface area contributed by atoms with Gasteiger partial charge in [-0.15, -0.1) is 0 Å². The third-order valence-corrected chi connectivity index (χ3v) is 3.92. The zero-order valence-electron chi connectivity index (χ0n) is 10.8. The van der Waals surface area contributed by atoms with Gasteiger partial charge in [-0.05, 0) is 25.2 Å². The van der Waals surface area contributed by atoms with E-state index < -0.39 is 12.0 Å². The van der Waals surface area contributed by atoms with Crippen LogP contribution in [0, 0.1) is 17.8 Å². The van der Waals surface area contributed by atoms with Gasteiger partial charge in [-0.25, -0.2) is 4.79 Å². The molecular weight excluding hydrogens is 234 g/mol. The summed E-state index contributed by atoms with van der Waals surface area (Å²) in [5.41, 5.74) is 0. The van der Waals surface area contributed by atoms with Gasteiger partial charge in [0.25, 0.3) is 0 Å². The van der Waals surface area contributed by atoms with Gasteiger partial charge in [-0.3, -0.25) is 14.5 Å². The standard InChI is InChI=1S/C13H19NO4/c1-7(2)6-10(13(17)18)14-11(15)8-4-3-5-9(8)12(14)16/h7-10H,3-6H2,1-2H3,(H,17,18). The molecular formula is C13H19NO4. The van der Waals surface area contributed by atoms with Gasteiger partial charge >= 0.3 is 5.97 Å². The molecule has 0 aromatic carbocycles. The van der Waals surface area contributed by atoms with Crippen LogP contribution >= 0.6 is 0 Å². The van der Waals surface area contributed by atoms with Crippen LogP contribution in [0.3, 0.4) is 0 Å². The monoisotopic (exact) mass is 253 g/mol. The van der Waals surface area contributed by atoms with Crippen LogP contribution in [0.5, 0.6) is 0 Å². The maximum atomic E-state index is 12.2. The Bertz CT molecular complexity index is 368. The lowest BCUT2D eigenvalue weighted by molar-refractivity contribution is -0.156. The fourth-order valence-corrected chi connectivity index (χ4v) is 3.09. The van der Waals surface area contributed by atoms with Crippen molar-refractivity contribution < 1.29 is 19.5 Å². The summed E-state index contributed by atoms with van der Waals surface area (Å²) in [6.45, 7) is 3.78. The SMILES string of the molecule is CC(C)CC(C(=O)O)N1C(=O)C2CCCC2C1=O. The minimum Gasteiger partial charge on any atom is -0.480 e. The summed E-state index contributed by atoms with van der Waals surface area (Å²) < 4.78 is 0. The summed E-state index contributed by atoms with van der Waals surface area (Å²) in [5.74, 6) is -2.00. The van der Waals surface area contributed by atoms with E-state index in [4.69, 9.17) is 0 Å². The van der Waals surface area contributed by atoms with E-state index in [0.717, 1.165) is 24.2 Å². The van der Waals surface area contributed by atoms with Gasteiger partial charge < -0.3 is 5.11 Å². The summed E-state index contributed by atoms with van der Waals surface area (Å²) >= 11 is 0. The number of aliphatic carboxylic acids is 1. The molecule has 1 saturated heterocycles. The molecule has 2 amide bonds. The number of hydrogen-bond donors (Lipinski definition) is 1. The number of carbonyl (C=O) groups excluding carboxylic acids is 2. The molecule has 0 aromatic heterocycles. The highest BCUT2D eigenvalue weighted by atomic mass is 16.4. The van der Waals surface area contributed by atoms with Crippen molar-refractivity contribution in [3.63, 3.8) is 0 Å². The molecule has 2 rings (SSSR count). The minimum absolute atomic E-state index is 0.132. The van der Waals surface area contributed by atoms with Gasteiger partial charge in [-0.1, -0.05) is 20.3 Å². The Labute approximate surface area is 106 Å². The molecule has 0 bridgehead atoms. The normalized spacial score (nSPS) is 28.9. The van der Waals surface area contributed by atoms with Crippen LogP contribution in [0.2, 0.25) is 0 Å². The van der Waals surface area contributed by atoms with Crippen molar-refractivity contribution in [1.82, 2.24) is 4.90 Å². The molecule has 5 nitrogen and oxygen atoms in total. The second kappa shape index (κ2) is 4.71. The fourth-order valence-electron chi connectivity index (χ4n) is 3.09. The molecule has 100 valence electrons. The molecule has 5 heteroatoms. The quantitative estimate of drug-likeness (QED) is 0.766. The molecule has 2 fully saturated rings. The smallest absolute Gasteiger partial charge is 0.326 e. The van der Waals surface area contributed by atoms with Gasteiger partial charge in [0.05, 0.1) is 11.8 Å². The predicted octanol–water partition coefficient (Wildman–Crippen LogP) is 1.27. The Morgan fingerprint density at radius 2 is 1.78 bits per heavy atom. The first-order valence-corrected chi connectivity index (χ1v) is 6.53. The molecule has 3 unspecified atom stereocenters. The van der Waals surface area contributed by atoms with Gasteiger partial charge in [0.2, 0.25) is 11.8 Å². The topological polar surface area (TPSA) is 74.7 Å². The van der Waals surface area contributed by atoms with Crippen LogP contribution < -0.4 is 0 Å². The highest BCUT2D eigenvalue weighted by Gasteiger charge is 2.53. The number of rotatable bonds is 4. The maximum absolute atomic E-state index is 12.2. The first-order valence-electron chi connectivity index (χ1n) is 6.53. The summed E-state index contributed by atoms with van der Waals surface area (Å²) in [7, 11) is 0. The average Bonchev–Trinajstić information content (AvgIpc) is 2.82. The van der Waals surface area contributed by atoms with Crippen molar-refractivity contribution in [3.05, 3.63) is 0 Å². The number of carbonyl (C=O) groups is 3. The van der Waals surface area contributed by atoms with Crippen molar-refractivity contribution in [2.45, 2.75) is 45.6 Å². The number of carboxylic acid groups (broad SMARTS) is 1. The predicted molar refractivity (Wildman–Crippen MR) is 63.6 cm³/mol. The zero-order chi connectivity index (χ0) is 13.4. The highest BCUT2D eigenvalue weighted by Crippen LogP contribution is 2.41. The van der Waals surface area contributed by atoms with Gasteiger partial charge in [0.1, 0.15) is 6.04 Å². The lowest BCUT2D eigenvalue weighted by Crippen LogP contribution is -2.46. The van der Waals surface area contributed by atoms with Crippen molar-refractivity contribution in [2.75, 3.05) is 0 Å². The van der Waals surface area contributed by atoms with E-state index in [1.54, 1.807) is 0 Å². The Balaban J connectivity index is 2.23. The summed E-state index contributed by atoms with van der Waals surface area (Å²) in [5, 5.41) is 9.24. The zero-order valence-corrected chi connectivity index (χ0v) is 10.8. The largest absolute Gasteiger partial charge is 0.480 e. The first-order chi connectivity index (χ1) is 8.43. The van der Waals surface area contributed by atoms with Gasteiger partial charge in [0.15, 0.2) is 0 Å². The van der Waals surface area contributed by atoms with Crippen LogP contribution in [0.1, 0.15) is 39.5 Å². The van der Waals surface area contributed by atoms with Crippen molar-refractivity contribution >= 4 is 17.8 Å². The third-order valence-electron chi connectivity index (χ3n) is 3.92. The van der Waals surface area contributed by atoms with E-state index >= 15 is 0 Å². The van der Waals surface area contributed by atoms with E-state index in [1.807, 2.05) is 13.8 Å². The molecule has 2 aliphatic rings. The first kappa shape index (κ1) is 13.1. The molecule has 0 aromatic rings. The lowest BCUT2D eigenvalue weighted by atomic mass is 10.00. The fraction of sp³-hybridized carbons (Fsp3) is 0.769. The number of likely N-dealkylation sites (tertiary alicyclic amines) is 1. The third kappa shape index (κ3) is 2.02. The molecule has 0 spiro atoms. The van der Waals surface area contributed by atoms with Crippen LogP contribution in [-0.2, 0) is 14.4 Å². The maximum Gasteiger partial charge on any atom is 0.326 e. The molecule has 18 heavy (non-hydrogen) atoms. The van der Waals surface area contributed by atoms with E-state index in [-0.39, 0.29) is 29.6 Å². The Morgan fingerprint density at radius 3 is 2.17 bits per heavy atom. The highest BCUT2D eigenvalue weighted by molar-refractivity contribution is 6.07. The Hall–Kier alpha value is -1.39. The second-order valence-electron chi connectivity index (χ2n) is 5.67. The van der Waals surface area contributed by atoms with Crippen LogP contribution in [-0.4, -0.2) is 33.8 Å². The molecule has 1 aliphatic carbocycles. The van der Waals surface area contributed by atoms with Gasteiger partial charge in [0, 0.05) is 0 Å². The Kier molecular flexibility index (Phi) is 3.41. The van der Waals surface area contributed by atoms with Crippen LogP contribution in [0.4, 0.5) is 0 Å². The number of hydrogen-bond acceptors (Lipinski definition) is 3. The minimum atomic E-state index is -1.08. The average molecular weight is 253 g/mol. The number of fused-ring (bicyclic) bond motifs is 1. The molecule has 3 atom stereocenters. The van der Waals surface area contributed by atoms with Gasteiger partial charge in [-0.2, -0.15) is 0 Å². The second-order valence-corrected chi connectivity index (χ2v) is 5.67. The molecule has 1 aliphatic heterocycles. The molecule has 1 N–H and O–H groups in total. The van der Waals surface area contributed by atoms with Crippen molar-refractivity contribution in [2.24, 2.45) is 17.8 Å². The van der Waals surface area contributed by atoms with E-state index in [2.05, 4.69) is 0 Å². The number of carboxylic acids is 1. The van der Waals surface area contributed by atoms with Crippen molar-refractivity contribution in [1.29, 1.82) is 0 Å². The lowest BCUT2D eigenvalue weighted by Gasteiger charge is -2.25. The van der Waals surface area contributed by atoms with Crippen molar-refractivity contribution in [3.8, 4) is 0 Å². The van der Waals surface area contributed by atoms with Crippen LogP contribution in [0.25, 0.3) is 0 Å². The molecule has 1 saturated carbocycles. The number of nitrogens with zero attached hydrogens (tertiary/aromatic N) is 1. The molecule has 1 heterocycles. The van der Waals surface area contributed by atoms with E-state index in [9.17, 15) is 19.5 Å². The summed E-state index contributed by atoms with van der Waals surface area (Å²) in [6.07, 6.45) is 2.66. The number of imide groups is 1.